The van der Waals surface area contributed by atoms with E-state index in [-0.39, 0.29) is 5.92 Å². The number of rotatable bonds is 1. The molecule has 13 heavy (non-hydrogen) atoms. The monoisotopic (exact) mass is 202 g/mol. The molecule has 0 aliphatic heterocycles. The molecule has 3 heteroatoms. The zero-order valence-corrected chi connectivity index (χ0v) is 8.98. The second-order valence-corrected chi connectivity index (χ2v) is 4.68. The molecule has 2 nitrogen and oxygen atoms in total. The highest BCUT2D eigenvalue weighted by Crippen LogP contribution is 2.41. The van der Waals surface area contributed by atoms with Crippen molar-refractivity contribution < 1.29 is 9.90 Å². The largest absolute Gasteiger partial charge is 0.480 e. The summed E-state index contributed by atoms with van der Waals surface area (Å²) >= 11 is 6.09. The predicted molar refractivity (Wildman–Crippen MR) is 53.0 cm³/mol. The van der Waals surface area contributed by atoms with Gasteiger partial charge in [0.25, 0.3) is 0 Å². The van der Waals surface area contributed by atoms with Gasteiger partial charge in [0.05, 0.1) is 0 Å². The third-order valence-corrected chi connectivity index (χ3v) is 3.67. The van der Waals surface area contributed by atoms with Crippen molar-refractivity contribution in [1.29, 1.82) is 0 Å². The Kier molecular flexibility index (Phi) is 2.71. The number of carboxylic acid groups (broad SMARTS) is 1. The van der Waals surface area contributed by atoms with Crippen LogP contribution in [0.5, 0.6) is 0 Å². The van der Waals surface area contributed by atoms with Gasteiger partial charge >= 0.3 is 5.97 Å². The lowest BCUT2D eigenvalue weighted by Crippen LogP contribution is -2.41. The predicted octanol–water partition coefficient (Wildman–Crippen LogP) is 2.81. The Balaban J connectivity index is 2.99. The number of carboxylic acids is 1. The van der Waals surface area contributed by atoms with Crippen molar-refractivity contribution in [3.63, 3.8) is 0 Å². The van der Waals surface area contributed by atoms with E-state index in [0.717, 1.165) is 12.0 Å². The van der Waals surface area contributed by atoms with Crippen LogP contribution in [-0.2, 0) is 4.79 Å². The molecular formula is C10H15ClO2. The quantitative estimate of drug-likeness (QED) is 0.525. The van der Waals surface area contributed by atoms with Gasteiger partial charge in [0.15, 0.2) is 0 Å². The van der Waals surface area contributed by atoms with Gasteiger partial charge in [0.2, 0.25) is 0 Å². The molecule has 1 N–H and O–H groups in total. The number of halogens is 1. The summed E-state index contributed by atoms with van der Waals surface area (Å²) in [5.74, 6) is -0.885. The van der Waals surface area contributed by atoms with Gasteiger partial charge in [-0.25, -0.2) is 0 Å². The van der Waals surface area contributed by atoms with E-state index in [9.17, 15) is 4.79 Å². The first-order valence-electron chi connectivity index (χ1n) is 4.45. The highest BCUT2D eigenvalue weighted by molar-refractivity contribution is 6.34. The van der Waals surface area contributed by atoms with Gasteiger partial charge in [0, 0.05) is 0 Å². The molecule has 1 aliphatic rings. The molecule has 0 bridgehead atoms. The summed E-state index contributed by atoms with van der Waals surface area (Å²) in [4.78, 5) is 9.90. The van der Waals surface area contributed by atoms with Crippen LogP contribution in [0.2, 0.25) is 0 Å². The molecule has 0 spiro atoms. The van der Waals surface area contributed by atoms with Gasteiger partial charge in [-0.3, -0.25) is 4.79 Å². The van der Waals surface area contributed by atoms with Crippen LogP contribution in [0.25, 0.3) is 0 Å². The molecule has 0 fully saturated rings. The van der Waals surface area contributed by atoms with E-state index in [2.05, 4.69) is 0 Å². The van der Waals surface area contributed by atoms with Crippen molar-refractivity contribution in [3.05, 3.63) is 11.1 Å². The zero-order valence-electron chi connectivity index (χ0n) is 8.22. The van der Waals surface area contributed by atoms with Crippen LogP contribution in [0.3, 0.4) is 0 Å². The van der Waals surface area contributed by atoms with E-state index in [1.807, 2.05) is 20.8 Å². The minimum Gasteiger partial charge on any atom is -0.480 e. The standard InChI is InChI=1S/C10H15ClO2/c1-6-4-8(3)10(11,9(12)13)5-7(6)2/h8H,4-5H2,1-3H3,(H,12,13). The van der Waals surface area contributed by atoms with Gasteiger partial charge < -0.3 is 5.11 Å². The number of aliphatic carboxylic acids is 1. The van der Waals surface area contributed by atoms with E-state index in [1.165, 1.54) is 5.57 Å². The molecule has 0 radical (unpaired) electrons. The number of allylic oxidation sites excluding steroid dienone is 2. The lowest BCUT2D eigenvalue weighted by Gasteiger charge is -2.34. The summed E-state index contributed by atoms with van der Waals surface area (Å²) in [5, 5.41) is 9.02. The molecule has 0 aromatic carbocycles. The molecule has 1 aliphatic carbocycles. The Labute approximate surface area is 83.6 Å². The minimum atomic E-state index is -1.08. The Bertz CT molecular complexity index is 270. The molecule has 2 atom stereocenters. The molecule has 0 saturated carbocycles. The molecule has 0 saturated heterocycles. The summed E-state index contributed by atoms with van der Waals surface area (Å²) in [6.07, 6.45) is 1.26. The molecule has 1 rings (SSSR count). The highest BCUT2D eigenvalue weighted by Gasteiger charge is 2.44. The van der Waals surface area contributed by atoms with Gasteiger partial charge in [-0.1, -0.05) is 18.1 Å². The first kappa shape index (κ1) is 10.6. The van der Waals surface area contributed by atoms with Crippen molar-refractivity contribution >= 4 is 17.6 Å². The molecule has 0 heterocycles. The van der Waals surface area contributed by atoms with Crippen molar-refractivity contribution in [2.24, 2.45) is 5.92 Å². The van der Waals surface area contributed by atoms with Crippen LogP contribution in [0.1, 0.15) is 33.6 Å². The topological polar surface area (TPSA) is 37.3 Å². The number of hydrogen-bond donors (Lipinski definition) is 1. The Morgan fingerprint density at radius 2 is 2.08 bits per heavy atom. The van der Waals surface area contributed by atoms with Crippen LogP contribution >= 0.6 is 11.6 Å². The smallest absolute Gasteiger partial charge is 0.325 e. The third kappa shape index (κ3) is 1.73. The minimum absolute atomic E-state index is 0.00960. The van der Waals surface area contributed by atoms with E-state index in [0.29, 0.717) is 6.42 Å². The maximum atomic E-state index is 11.0. The third-order valence-electron chi connectivity index (χ3n) is 3.00. The summed E-state index contributed by atoms with van der Waals surface area (Å²) in [7, 11) is 0. The fourth-order valence-corrected chi connectivity index (χ4v) is 2.07. The molecule has 0 amide bonds. The maximum absolute atomic E-state index is 11.0. The Hall–Kier alpha value is -0.500. The van der Waals surface area contributed by atoms with E-state index >= 15 is 0 Å². The SMILES string of the molecule is CC1=C(C)CC(Cl)(C(=O)O)C(C)C1. The molecule has 74 valence electrons. The lowest BCUT2D eigenvalue weighted by molar-refractivity contribution is -0.141. The summed E-state index contributed by atoms with van der Waals surface area (Å²) in [6.45, 7) is 5.91. The first-order chi connectivity index (χ1) is 5.88. The van der Waals surface area contributed by atoms with Gasteiger partial charge in [0.1, 0.15) is 4.87 Å². The highest BCUT2D eigenvalue weighted by atomic mass is 35.5. The van der Waals surface area contributed by atoms with Crippen molar-refractivity contribution in [3.8, 4) is 0 Å². The average Bonchev–Trinajstić information content (AvgIpc) is 2.01. The van der Waals surface area contributed by atoms with Crippen LogP contribution in [0, 0.1) is 5.92 Å². The fraction of sp³-hybridized carbons (Fsp3) is 0.700. The average molecular weight is 203 g/mol. The Morgan fingerprint density at radius 1 is 1.54 bits per heavy atom. The fourth-order valence-electron chi connectivity index (χ4n) is 1.79. The van der Waals surface area contributed by atoms with Crippen molar-refractivity contribution in [1.82, 2.24) is 0 Å². The van der Waals surface area contributed by atoms with E-state index < -0.39 is 10.8 Å². The van der Waals surface area contributed by atoms with Gasteiger partial charge in [-0.2, -0.15) is 0 Å². The van der Waals surface area contributed by atoms with Crippen molar-refractivity contribution in [2.75, 3.05) is 0 Å². The Morgan fingerprint density at radius 3 is 2.54 bits per heavy atom. The molecule has 0 aromatic heterocycles. The zero-order chi connectivity index (χ0) is 10.2. The summed E-state index contributed by atoms with van der Waals surface area (Å²) in [5.41, 5.74) is 2.40. The van der Waals surface area contributed by atoms with Gasteiger partial charge in [-0.05, 0) is 32.6 Å². The first-order valence-corrected chi connectivity index (χ1v) is 4.83. The lowest BCUT2D eigenvalue weighted by atomic mass is 9.77. The molecule has 0 aromatic rings. The second kappa shape index (κ2) is 3.33. The molecule has 2 unspecified atom stereocenters. The summed E-state index contributed by atoms with van der Waals surface area (Å²) < 4.78 is 0. The van der Waals surface area contributed by atoms with Crippen molar-refractivity contribution in [2.45, 2.75) is 38.5 Å². The maximum Gasteiger partial charge on any atom is 0.325 e. The van der Waals surface area contributed by atoms with E-state index in [4.69, 9.17) is 16.7 Å². The van der Waals surface area contributed by atoms with Crippen LogP contribution < -0.4 is 0 Å². The summed E-state index contributed by atoms with van der Waals surface area (Å²) in [6, 6.07) is 0. The molecular weight excluding hydrogens is 188 g/mol. The number of carbonyl (C=O) groups is 1. The van der Waals surface area contributed by atoms with Crippen LogP contribution in [0.15, 0.2) is 11.1 Å². The number of hydrogen-bond acceptors (Lipinski definition) is 1. The number of alkyl halides is 1. The van der Waals surface area contributed by atoms with Crippen LogP contribution in [0.4, 0.5) is 0 Å². The van der Waals surface area contributed by atoms with Gasteiger partial charge in [-0.15, -0.1) is 11.6 Å². The van der Waals surface area contributed by atoms with Crippen LogP contribution in [-0.4, -0.2) is 16.0 Å². The normalized spacial score (nSPS) is 34.9. The second-order valence-electron chi connectivity index (χ2n) is 4.01. The van der Waals surface area contributed by atoms with E-state index in [1.54, 1.807) is 0 Å².